The fourth-order valence-corrected chi connectivity index (χ4v) is 3.93. The summed E-state index contributed by atoms with van der Waals surface area (Å²) in [4.78, 5) is 36.2. The van der Waals surface area contributed by atoms with Gasteiger partial charge in [-0.15, -0.1) is 0 Å². The molecule has 176 valence electrons. The highest BCUT2D eigenvalue weighted by atomic mass is 16.6. The molecular formula is C24H29N3O6. The molecule has 0 aromatic heterocycles. The van der Waals surface area contributed by atoms with E-state index in [1.807, 2.05) is 45.0 Å². The lowest BCUT2D eigenvalue weighted by atomic mass is 9.90. The topological polar surface area (TPSA) is 122 Å². The summed E-state index contributed by atoms with van der Waals surface area (Å²) >= 11 is 0. The first-order valence-electron chi connectivity index (χ1n) is 10.9. The minimum atomic E-state index is -1.33. The SMILES string of the molecule is CC(C)(C)OC(=O)N1CCCC(c2ccc(NCc3cccc(C(=O)O)c3[N+](=O)[O-])cc2)C1. The first kappa shape index (κ1) is 24.0. The zero-order valence-corrected chi connectivity index (χ0v) is 19.0. The number of nitro benzene ring substituents is 1. The van der Waals surface area contributed by atoms with Gasteiger partial charge < -0.3 is 20.1 Å². The highest BCUT2D eigenvalue weighted by Crippen LogP contribution is 2.29. The lowest BCUT2D eigenvalue weighted by molar-refractivity contribution is -0.385. The molecule has 1 heterocycles. The Balaban J connectivity index is 1.66. The van der Waals surface area contributed by atoms with Gasteiger partial charge in [0.1, 0.15) is 11.2 Å². The average Bonchev–Trinajstić information content (AvgIpc) is 2.76. The maximum absolute atomic E-state index is 12.4. The second-order valence-corrected chi connectivity index (χ2v) is 9.12. The molecule has 0 spiro atoms. The van der Waals surface area contributed by atoms with Gasteiger partial charge in [-0.25, -0.2) is 9.59 Å². The van der Waals surface area contributed by atoms with Gasteiger partial charge >= 0.3 is 12.1 Å². The number of likely N-dealkylation sites (tertiary alicyclic amines) is 1. The number of benzene rings is 2. The number of piperidine rings is 1. The largest absolute Gasteiger partial charge is 0.477 e. The smallest absolute Gasteiger partial charge is 0.410 e. The molecule has 1 aliphatic rings. The number of carbonyl (C=O) groups is 2. The van der Waals surface area contributed by atoms with E-state index in [-0.39, 0.29) is 24.1 Å². The van der Waals surface area contributed by atoms with Crippen LogP contribution in [0.3, 0.4) is 0 Å². The molecular weight excluding hydrogens is 426 g/mol. The first-order chi connectivity index (χ1) is 15.5. The molecule has 0 aliphatic carbocycles. The average molecular weight is 456 g/mol. The lowest BCUT2D eigenvalue weighted by Crippen LogP contribution is -2.42. The highest BCUT2D eigenvalue weighted by Gasteiger charge is 2.28. The molecule has 2 N–H and O–H groups in total. The van der Waals surface area contributed by atoms with Gasteiger partial charge in [-0.3, -0.25) is 10.1 Å². The van der Waals surface area contributed by atoms with Crippen molar-refractivity contribution in [3.05, 3.63) is 69.3 Å². The fraction of sp³-hybridized carbons (Fsp3) is 0.417. The van der Waals surface area contributed by atoms with E-state index >= 15 is 0 Å². The van der Waals surface area contributed by atoms with E-state index in [0.717, 1.165) is 24.1 Å². The van der Waals surface area contributed by atoms with Gasteiger partial charge in [0.15, 0.2) is 0 Å². The van der Waals surface area contributed by atoms with Gasteiger partial charge in [-0.1, -0.05) is 24.3 Å². The van der Waals surface area contributed by atoms with E-state index in [2.05, 4.69) is 5.32 Å². The molecule has 2 aromatic rings. The fourth-order valence-electron chi connectivity index (χ4n) is 3.93. The number of carboxylic acid groups (broad SMARTS) is 1. The molecule has 0 bridgehead atoms. The van der Waals surface area contributed by atoms with Crippen molar-refractivity contribution in [2.45, 2.75) is 51.7 Å². The van der Waals surface area contributed by atoms with Crippen LogP contribution >= 0.6 is 0 Å². The number of ether oxygens (including phenoxy) is 1. The van der Waals surface area contributed by atoms with Crippen molar-refractivity contribution in [1.29, 1.82) is 0 Å². The molecule has 33 heavy (non-hydrogen) atoms. The Labute approximate surface area is 192 Å². The monoisotopic (exact) mass is 455 g/mol. The van der Waals surface area contributed by atoms with Gasteiger partial charge in [0.25, 0.3) is 5.69 Å². The summed E-state index contributed by atoms with van der Waals surface area (Å²) in [5.41, 5.74) is 0.890. The second kappa shape index (κ2) is 9.89. The van der Waals surface area contributed by atoms with Gasteiger partial charge in [-0.05, 0) is 57.4 Å². The maximum atomic E-state index is 12.4. The van der Waals surface area contributed by atoms with E-state index in [1.54, 1.807) is 11.0 Å². The Hall–Kier alpha value is -3.62. The summed E-state index contributed by atoms with van der Waals surface area (Å²) in [5, 5.41) is 23.8. The molecule has 0 radical (unpaired) electrons. The second-order valence-electron chi connectivity index (χ2n) is 9.12. The molecule has 1 amide bonds. The first-order valence-corrected chi connectivity index (χ1v) is 10.9. The van der Waals surface area contributed by atoms with E-state index in [1.165, 1.54) is 12.1 Å². The number of hydrogen-bond donors (Lipinski definition) is 2. The Bertz CT molecular complexity index is 1030. The van der Waals surface area contributed by atoms with Crippen molar-refractivity contribution in [2.75, 3.05) is 18.4 Å². The molecule has 1 aliphatic heterocycles. The number of nitrogens with zero attached hydrogens (tertiary/aromatic N) is 2. The quantitative estimate of drug-likeness (QED) is 0.463. The van der Waals surface area contributed by atoms with Gasteiger partial charge in [0.2, 0.25) is 0 Å². The van der Waals surface area contributed by atoms with Crippen LogP contribution in [0.15, 0.2) is 42.5 Å². The highest BCUT2D eigenvalue weighted by molar-refractivity contribution is 5.93. The van der Waals surface area contributed by atoms with Crippen molar-refractivity contribution < 1.29 is 24.4 Å². The van der Waals surface area contributed by atoms with Crippen molar-refractivity contribution in [2.24, 2.45) is 0 Å². The lowest BCUT2D eigenvalue weighted by Gasteiger charge is -2.34. The molecule has 0 saturated carbocycles. The summed E-state index contributed by atoms with van der Waals surface area (Å²) < 4.78 is 5.50. The third-order valence-electron chi connectivity index (χ3n) is 5.47. The molecule has 3 rings (SSSR count). The number of para-hydroxylation sites is 1. The molecule has 1 atom stereocenters. The third-order valence-corrected chi connectivity index (χ3v) is 5.47. The number of rotatable bonds is 6. The predicted molar refractivity (Wildman–Crippen MR) is 124 cm³/mol. The number of carboxylic acids is 1. The van der Waals surface area contributed by atoms with Crippen LogP contribution in [0, 0.1) is 10.1 Å². The van der Waals surface area contributed by atoms with Crippen molar-refractivity contribution in [1.82, 2.24) is 4.90 Å². The van der Waals surface area contributed by atoms with E-state index in [0.29, 0.717) is 18.7 Å². The number of nitro groups is 1. The van der Waals surface area contributed by atoms with Crippen LogP contribution in [0.25, 0.3) is 0 Å². The number of hydrogen-bond acceptors (Lipinski definition) is 6. The Morgan fingerprint density at radius 1 is 1.21 bits per heavy atom. The molecule has 2 aromatic carbocycles. The Morgan fingerprint density at radius 2 is 1.91 bits per heavy atom. The van der Waals surface area contributed by atoms with Crippen LogP contribution in [0.5, 0.6) is 0 Å². The van der Waals surface area contributed by atoms with Gasteiger partial charge in [-0.2, -0.15) is 0 Å². The number of anilines is 1. The molecule has 1 unspecified atom stereocenters. The normalized spacial score (nSPS) is 16.2. The van der Waals surface area contributed by atoms with Gasteiger partial charge in [0, 0.05) is 36.8 Å². The van der Waals surface area contributed by atoms with Crippen molar-refractivity contribution in [3.63, 3.8) is 0 Å². The number of amides is 1. The summed E-state index contributed by atoms with van der Waals surface area (Å²) in [7, 11) is 0. The molecule has 1 fully saturated rings. The van der Waals surface area contributed by atoms with Crippen LogP contribution in [-0.4, -0.2) is 45.7 Å². The third kappa shape index (κ3) is 6.21. The van der Waals surface area contributed by atoms with Crippen molar-refractivity contribution >= 4 is 23.4 Å². The van der Waals surface area contributed by atoms with E-state index in [4.69, 9.17) is 4.74 Å². The summed E-state index contributed by atoms with van der Waals surface area (Å²) in [6.45, 7) is 6.95. The zero-order chi connectivity index (χ0) is 24.2. The Morgan fingerprint density at radius 3 is 2.52 bits per heavy atom. The van der Waals surface area contributed by atoms with Crippen LogP contribution in [-0.2, 0) is 11.3 Å². The van der Waals surface area contributed by atoms with Gasteiger partial charge in [0.05, 0.1) is 4.92 Å². The summed E-state index contributed by atoms with van der Waals surface area (Å²) in [6.07, 6.45) is 1.57. The minimum Gasteiger partial charge on any atom is -0.477 e. The molecule has 9 nitrogen and oxygen atoms in total. The van der Waals surface area contributed by atoms with Crippen molar-refractivity contribution in [3.8, 4) is 0 Å². The zero-order valence-electron chi connectivity index (χ0n) is 19.0. The van der Waals surface area contributed by atoms with Crippen LogP contribution in [0.4, 0.5) is 16.2 Å². The number of aromatic carboxylic acids is 1. The van der Waals surface area contributed by atoms with E-state index in [9.17, 15) is 24.8 Å². The number of nitrogens with one attached hydrogen (secondary N) is 1. The minimum absolute atomic E-state index is 0.118. The van der Waals surface area contributed by atoms with Crippen LogP contribution in [0.1, 0.15) is 61.0 Å². The predicted octanol–water partition coefficient (Wildman–Crippen LogP) is 5.02. The Kier molecular flexibility index (Phi) is 7.20. The van der Waals surface area contributed by atoms with Crippen LogP contribution in [0.2, 0.25) is 0 Å². The number of carbonyl (C=O) groups excluding carboxylic acids is 1. The standard InChI is InChI=1S/C24H29N3O6/c1-24(2,3)33-23(30)26-13-5-7-18(15-26)16-9-11-19(12-10-16)25-14-17-6-4-8-20(22(28)29)21(17)27(31)32/h4,6,8-12,18,25H,5,7,13-15H2,1-3H3,(H,28,29). The van der Waals surface area contributed by atoms with E-state index < -0.39 is 22.2 Å². The maximum Gasteiger partial charge on any atom is 0.410 e. The molecule has 9 heteroatoms. The summed E-state index contributed by atoms with van der Waals surface area (Å²) in [5.74, 6) is -1.13. The summed E-state index contributed by atoms with van der Waals surface area (Å²) in [6, 6.07) is 12.0. The molecule has 1 saturated heterocycles. The van der Waals surface area contributed by atoms with Crippen LogP contribution < -0.4 is 5.32 Å².